The summed E-state index contributed by atoms with van der Waals surface area (Å²) < 4.78 is 10.6. The van der Waals surface area contributed by atoms with Gasteiger partial charge in [-0.2, -0.15) is 0 Å². The minimum absolute atomic E-state index is 0.252. The Labute approximate surface area is 147 Å². The van der Waals surface area contributed by atoms with Gasteiger partial charge >= 0.3 is 5.76 Å². The molecule has 0 bridgehead atoms. The van der Waals surface area contributed by atoms with Crippen LogP contribution in [0.25, 0.3) is 11.5 Å². The van der Waals surface area contributed by atoms with Crippen molar-refractivity contribution in [3.8, 4) is 11.5 Å². The van der Waals surface area contributed by atoms with E-state index < -0.39 is 14.1 Å². The van der Waals surface area contributed by atoms with Crippen LogP contribution in [0.15, 0.2) is 32.5 Å². The molecule has 6 nitrogen and oxygen atoms in total. The molecule has 0 aliphatic heterocycles. The summed E-state index contributed by atoms with van der Waals surface area (Å²) in [4.78, 5) is 18.8. The Bertz CT molecular complexity index is 704. The fourth-order valence-electron chi connectivity index (χ4n) is 1.74. The highest BCUT2D eigenvalue weighted by atomic mass is 32.2. The summed E-state index contributed by atoms with van der Waals surface area (Å²) in [5.41, 5.74) is 0.589. The predicted molar refractivity (Wildman–Crippen MR) is 98.8 cm³/mol. The second-order valence-electron chi connectivity index (χ2n) is 7.13. The topological polar surface area (TPSA) is 81.0 Å². The van der Waals surface area contributed by atoms with Crippen LogP contribution in [-0.4, -0.2) is 35.8 Å². The molecule has 132 valence electrons. The summed E-state index contributed by atoms with van der Waals surface area (Å²) in [6.45, 7) is 12.1. The maximum Gasteiger partial charge on any atom is 0.439 e. The molecule has 8 heteroatoms. The molecule has 0 radical (unpaired) electrons. The molecule has 0 saturated heterocycles. The summed E-state index contributed by atoms with van der Waals surface area (Å²) in [6, 6.07) is 3.79. The van der Waals surface area contributed by atoms with Crippen molar-refractivity contribution in [2.24, 2.45) is 0 Å². The second kappa shape index (κ2) is 7.67. The molecule has 1 N–H and O–H groups in total. The van der Waals surface area contributed by atoms with E-state index in [1.54, 1.807) is 18.0 Å². The third-order valence-electron chi connectivity index (χ3n) is 4.25. The zero-order valence-corrected chi connectivity index (χ0v) is 16.7. The monoisotopic (exact) mass is 367 g/mol. The third kappa shape index (κ3) is 5.06. The Morgan fingerprint density at radius 3 is 2.62 bits per heavy atom. The summed E-state index contributed by atoms with van der Waals surface area (Å²) in [7, 11) is -1.64. The number of thioether (sulfide) groups is 1. The first-order chi connectivity index (χ1) is 11.2. The molecule has 0 aromatic carbocycles. The maximum absolute atomic E-state index is 10.9. The van der Waals surface area contributed by atoms with E-state index in [-0.39, 0.29) is 5.04 Å². The summed E-state index contributed by atoms with van der Waals surface area (Å²) in [6.07, 6.45) is 2.79. The van der Waals surface area contributed by atoms with Gasteiger partial charge in [-0.05, 0) is 36.7 Å². The summed E-state index contributed by atoms with van der Waals surface area (Å²) in [5, 5.41) is 3.87. The van der Waals surface area contributed by atoms with Crippen molar-refractivity contribution in [2.45, 2.75) is 50.2 Å². The van der Waals surface area contributed by atoms with Gasteiger partial charge in [-0.1, -0.05) is 25.9 Å². The quantitative estimate of drug-likeness (QED) is 0.454. The average molecular weight is 368 g/mol. The number of rotatable bonds is 7. The molecule has 2 aromatic heterocycles. The Morgan fingerprint density at radius 2 is 2.08 bits per heavy atom. The van der Waals surface area contributed by atoms with Gasteiger partial charge in [-0.25, -0.2) is 4.79 Å². The van der Waals surface area contributed by atoms with Crippen LogP contribution in [0.5, 0.6) is 0 Å². The van der Waals surface area contributed by atoms with Crippen molar-refractivity contribution in [2.75, 3.05) is 12.4 Å². The lowest BCUT2D eigenvalue weighted by atomic mass is 10.2. The zero-order chi connectivity index (χ0) is 17.8. The highest BCUT2D eigenvalue weighted by Crippen LogP contribution is 2.36. The number of aromatic nitrogens is 3. The van der Waals surface area contributed by atoms with Gasteiger partial charge in [0.1, 0.15) is 5.69 Å². The number of H-pyrrole nitrogens is 1. The first-order valence-corrected chi connectivity index (χ1v) is 11.9. The van der Waals surface area contributed by atoms with E-state index in [2.05, 4.69) is 53.5 Å². The van der Waals surface area contributed by atoms with Crippen LogP contribution >= 0.6 is 11.8 Å². The molecule has 0 amide bonds. The lowest BCUT2D eigenvalue weighted by Gasteiger charge is -2.36. The van der Waals surface area contributed by atoms with E-state index in [1.807, 2.05) is 12.1 Å². The number of hydrogen-bond acceptors (Lipinski definition) is 6. The van der Waals surface area contributed by atoms with Gasteiger partial charge in [0.05, 0.1) is 0 Å². The lowest BCUT2D eigenvalue weighted by molar-refractivity contribution is 0.289. The molecule has 0 fully saturated rings. The Kier molecular flexibility index (Phi) is 6.05. The van der Waals surface area contributed by atoms with Gasteiger partial charge in [0.2, 0.25) is 5.82 Å². The van der Waals surface area contributed by atoms with E-state index in [4.69, 9.17) is 4.43 Å². The molecule has 2 heterocycles. The van der Waals surface area contributed by atoms with Crippen LogP contribution in [0.4, 0.5) is 0 Å². The molecule has 24 heavy (non-hydrogen) atoms. The average Bonchev–Trinajstić information content (AvgIpc) is 2.93. The summed E-state index contributed by atoms with van der Waals surface area (Å²) >= 11 is 1.74. The fraction of sp³-hybridized carbons (Fsp3) is 0.562. The van der Waals surface area contributed by atoms with E-state index >= 15 is 0 Å². The van der Waals surface area contributed by atoms with Gasteiger partial charge in [0.25, 0.3) is 0 Å². The molecule has 0 spiro atoms. The van der Waals surface area contributed by atoms with E-state index in [0.29, 0.717) is 11.5 Å². The number of hydrogen-bond donors (Lipinski definition) is 1. The molecule has 0 unspecified atom stereocenters. The number of nitrogens with one attached hydrogen (secondary N) is 1. The Morgan fingerprint density at radius 1 is 1.33 bits per heavy atom. The molecular formula is C16H25N3O3SSi. The fourth-order valence-corrected chi connectivity index (χ4v) is 3.62. The van der Waals surface area contributed by atoms with Crippen LogP contribution in [0.3, 0.4) is 0 Å². The highest BCUT2D eigenvalue weighted by molar-refractivity contribution is 7.99. The van der Waals surface area contributed by atoms with Crippen LogP contribution < -0.4 is 5.76 Å². The molecule has 0 atom stereocenters. The van der Waals surface area contributed by atoms with Gasteiger partial charge in [-0.3, -0.25) is 14.5 Å². The minimum atomic E-state index is -1.64. The highest BCUT2D eigenvalue weighted by Gasteiger charge is 2.36. The van der Waals surface area contributed by atoms with E-state index in [9.17, 15) is 4.79 Å². The third-order valence-corrected chi connectivity index (χ3v) is 9.85. The van der Waals surface area contributed by atoms with Crippen LogP contribution in [-0.2, 0) is 4.43 Å². The first kappa shape index (κ1) is 18.9. The lowest BCUT2D eigenvalue weighted by Crippen LogP contribution is -2.41. The zero-order valence-electron chi connectivity index (χ0n) is 14.9. The van der Waals surface area contributed by atoms with Gasteiger partial charge in [-0.15, -0.1) is 11.8 Å². The van der Waals surface area contributed by atoms with Crippen LogP contribution in [0, 0.1) is 0 Å². The number of pyridine rings is 1. The molecule has 0 saturated carbocycles. The van der Waals surface area contributed by atoms with Gasteiger partial charge in [0.15, 0.2) is 8.32 Å². The number of nitrogens with zero attached hydrogens (tertiary/aromatic N) is 2. The van der Waals surface area contributed by atoms with Crippen molar-refractivity contribution < 1.29 is 8.95 Å². The molecule has 0 aliphatic rings. The Balaban J connectivity index is 1.76. The SMILES string of the molecule is CC(C)(C)[Si](C)(C)OCCCSc1ccc(-c2noc(=O)[nH]2)nc1. The minimum Gasteiger partial charge on any atom is -0.417 e. The van der Waals surface area contributed by atoms with E-state index in [0.717, 1.165) is 23.7 Å². The first-order valence-electron chi connectivity index (χ1n) is 7.98. The van der Waals surface area contributed by atoms with Crippen LogP contribution in [0.1, 0.15) is 27.2 Å². The predicted octanol–water partition coefficient (Wildman–Crippen LogP) is 3.93. The normalized spacial score (nSPS) is 12.5. The summed E-state index contributed by atoms with van der Waals surface area (Å²) in [5.74, 6) is 0.752. The molecule has 2 aromatic rings. The molecule has 2 rings (SSSR count). The Hall–Kier alpha value is -1.38. The van der Waals surface area contributed by atoms with Crippen molar-refractivity contribution in [3.63, 3.8) is 0 Å². The standard InChI is InChI=1S/C16H25N3O3SSi/c1-16(2,3)24(4,5)21-9-6-10-23-12-7-8-13(17-11-12)14-18-15(20)22-19-14/h7-8,11H,6,9-10H2,1-5H3,(H,18,19,20). The number of aromatic amines is 1. The van der Waals surface area contributed by atoms with Crippen molar-refractivity contribution >= 4 is 20.1 Å². The smallest absolute Gasteiger partial charge is 0.417 e. The van der Waals surface area contributed by atoms with Crippen LogP contribution in [0.2, 0.25) is 18.1 Å². The molecular weight excluding hydrogens is 342 g/mol. The van der Waals surface area contributed by atoms with Gasteiger partial charge in [0, 0.05) is 23.5 Å². The van der Waals surface area contributed by atoms with Crippen molar-refractivity contribution in [1.29, 1.82) is 0 Å². The second-order valence-corrected chi connectivity index (χ2v) is 13.1. The molecule has 0 aliphatic carbocycles. The largest absolute Gasteiger partial charge is 0.439 e. The van der Waals surface area contributed by atoms with Gasteiger partial charge < -0.3 is 4.43 Å². The maximum atomic E-state index is 10.9. The van der Waals surface area contributed by atoms with E-state index in [1.165, 1.54) is 0 Å². The van der Waals surface area contributed by atoms with Crippen molar-refractivity contribution in [3.05, 3.63) is 28.9 Å². The van der Waals surface area contributed by atoms with Crippen molar-refractivity contribution in [1.82, 2.24) is 15.1 Å².